The zero-order valence-corrected chi connectivity index (χ0v) is 65.7. The molecule has 25 N–H and O–H groups in total. The van der Waals surface area contributed by atoms with E-state index in [4.69, 9.17) is 21.9 Å². The molecule has 648 valence electrons. The van der Waals surface area contributed by atoms with Crippen molar-refractivity contribution >= 4 is 135 Å². The number of unbranched alkanes of at least 4 members (excludes halogenated alkanes) is 9. The highest BCUT2D eigenvalue weighted by Crippen LogP contribution is 2.22. The number of rotatable bonds is 38. The van der Waals surface area contributed by atoms with Crippen molar-refractivity contribution in [1.82, 2.24) is 74.1 Å². The van der Waals surface area contributed by atoms with Crippen molar-refractivity contribution in [3.63, 3.8) is 0 Å². The number of carboxylic acids is 4. The second-order valence-electron chi connectivity index (χ2n) is 28.3. The van der Waals surface area contributed by atoms with Crippen LogP contribution in [0.1, 0.15) is 166 Å². The lowest BCUT2D eigenvalue weighted by Crippen LogP contribution is -2.62. The van der Waals surface area contributed by atoms with Gasteiger partial charge in [0, 0.05) is 47.6 Å². The van der Waals surface area contributed by atoms with E-state index in [-0.39, 0.29) is 37.1 Å². The van der Waals surface area contributed by atoms with E-state index in [1.807, 2.05) is 16.0 Å². The number of aliphatic hydroxyl groups excluding tert-OH is 1. The summed E-state index contributed by atoms with van der Waals surface area (Å²) in [5, 5.41) is 78.8. The van der Waals surface area contributed by atoms with E-state index in [0.29, 0.717) is 29.3 Å². The minimum absolute atomic E-state index is 0.0159. The molecule has 1 aliphatic rings. The first-order valence-electron chi connectivity index (χ1n) is 38.3. The summed E-state index contributed by atoms with van der Waals surface area (Å²) in [5.41, 5.74) is 18.1. The Hall–Kier alpha value is -12.7. The van der Waals surface area contributed by atoms with Crippen molar-refractivity contribution in [2.75, 3.05) is 32.0 Å². The van der Waals surface area contributed by atoms with Gasteiger partial charge in [-0.1, -0.05) is 102 Å². The lowest BCUT2D eigenvalue weighted by atomic mass is 9.96. The number of cyclic esters (lactones) is 1. The third-order valence-electron chi connectivity index (χ3n) is 18.6. The van der Waals surface area contributed by atoms with E-state index in [1.165, 1.54) is 24.3 Å². The zero-order chi connectivity index (χ0) is 87.9. The van der Waals surface area contributed by atoms with Gasteiger partial charge < -0.3 is 122 Å². The van der Waals surface area contributed by atoms with Crippen LogP contribution in [0, 0.1) is 5.92 Å². The molecule has 13 unspecified atom stereocenters. The van der Waals surface area contributed by atoms with E-state index in [2.05, 4.69) is 65.1 Å². The standard InChI is InChI=1S/C75H107N17O26/c1-5-6-7-8-9-10-11-12-13-14-25-56(96)84-47(28-41-34-79-45-23-18-16-20-42(41)45)69(111)87-48(30-55(78)95)70(112)89-51(33-62(105)106)71(113)92-64-40(4)118-75(117)52(29-54(94)43-21-15-17-22-44(43)77)90-74(116)63(38(2)27-59(99)100)91-72(114)53(37-93)85-58(98)35-80-66(108)49(31-60(101)102)86-65(107)39(3)82-68(110)50(32-61(103)104)88-67(109)46(24-19-26-76)83-57(97)36-81-73(64)115/h15-18,20-23,34,38-40,46-53,63-64,79,93H,5-14,19,24-33,35-37,76-77H2,1-4H3,(H2,78,95)(H,80,108)(H,81,115)(H,82,110)(H,83,97)(H,84,96)(H,85,98)(H,86,107)(H,87,111)(H,88,109)(H,89,112)(H,90,116)(H,91,114)(H,92,113)(H,99,100)(H,101,102)(H,103,104)(H,105,106). The number of esters is 1. The van der Waals surface area contributed by atoms with Gasteiger partial charge in [-0.05, 0) is 69.3 Å². The highest BCUT2D eigenvalue weighted by Gasteiger charge is 2.41. The van der Waals surface area contributed by atoms with Gasteiger partial charge in [0.1, 0.15) is 72.6 Å². The van der Waals surface area contributed by atoms with Gasteiger partial charge in [0.25, 0.3) is 0 Å². The van der Waals surface area contributed by atoms with E-state index in [9.17, 15) is 121 Å². The number of aliphatic carboxylic acids is 4. The summed E-state index contributed by atoms with van der Waals surface area (Å²) in [6.45, 7) is 1.18. The van der Waals surface area contributed by atoms with Crippen LogP contribution in [0.2, 0.25) is 0 Å². The summed E-state index contributed by atoms with van der Waals surface area (Å²) >= 11 is 0. The topological polar surface area (TPSA) is 702 Å². The Morgan fingerprint density at radius 3 is 1.64 bits per heavy atom. The molecule has 1 aliphatic heterocycles. The number of ketones is 1. The van der Waals surface area contributed by atoms with Crippen molar-refractivity contribution in [2.24, 2.45) is 17.4 Å². The monoisotopic (exact) mass is 1660 g/mol. The normalized spacial score (nSPS) is 20.9. The number of aromatic amines is 1. The number of Topliss-reactive ketones (excluding diaryl/α,β-unsaturated/α-hetero) is 1. The average Bonchev–Trinajstić information content (AvgIpc) is 1.59. The molecule has 2 aromatic carbocycles. The highest BCUT2D eigenvalue weighted by molar-refractivity contribution is 6.05. The molecular formula is C75H107N17O26. The number of aromatic nitrogens is 1. The Bertz CT molecular complexity index is 4100. The summed E-state index contributed by atoms with van der Waals surface area (Å²) in [6.07, 6.45) is 1.30. The summed E-state index contributed by atoms with van der Waals surface area (Å²) in [5.74, 6) is -29.7. The summed E-state index contributed by atoms with van der Waals surface area (Å²) < 4.78 is 5.69. The summed E-state index contributed by atoms with van der Waals surface area (Å²) in [7, 11) is 0. The number of nitrogen functional groups attached to an aromatic ring is 1. The number of H-pyrrole nitrogens is 1. The number of carbonyl (C=O) groups is 20. The number of para-hydroxylation sites is 2. The molecule has 0 saturated carbocycles. The molecule has 0 aliphatic carbocycles. The Morgan fingerprint density at radius 2 is 1.06 bits per heavy atom. The smallest absolute Gasteiger partial charge is 0.329 e. The van der Waals surface area contributed by atoms with Crippen molar-refractivity contribution in [3.8, 4) is 0 Å². The van der Waals surface area contributed by atoms with Gasteiger partial charge in [-0.25, -0.2) is 4.79 Å². The minimum atomic E-state index is -2.45. The first-order chi connectivity index (χ1) is 55.9. The van der Waals surface area contributed by atoms with Gasteiger partial charge in [-0.3, -0.25) is 91.1 Å². The average molecular weight is 1660 g/mol. The number of primary amides is 1. The Kier molecular flexibility index (Phi) is 41.3. The molecule has 13 atom stereocenters. The molecule has 1 saturated heterocycles. The number of fused-ring (bicyclic) bond motifs is 1. The van der Waals surface area contributed by atoms with Gasteiger partial charge in [0.2, 0.25) is 82.7 Å². The maximum Gasteiger partial charge on any atom is 0.329 e. The number of anilines is 1. The largest absolute Gasteiger partial charge is 0.481 e. The molecule has 1 aromatic heterocycles. The molecule has 2 heterocycles. The van der Waals surface area contributed by atoms with Crippen LogP contribution < -0.4 is 86.3 Å². The van der Waals surface area contributed by atoms with Crippen LogP contribution in [0.5, 0.6) is 0 Å². The van der Waals surface area contributed by atoms with Crippen LogP contribution in [0.3, 0.4) is 0 Å². The number of nitrogens with two attached hydrogens (primary N) is 3. The fourth-order valence-corrected chi connectivity index (χ4v) is 12.3. The molecule has 3 aromatic rings. The van der Waals surface area contributed by atoms with Crippen LogP contribution in [0.4, 0.5) is 5.69 Å². The molecule has 43 heteroatoms. The number of benzene rings is 2. The van der Waals surface area contributed by atoms with E-state index in [1.54, 1.807) is 30.5 Å². The van der Waals surface area contributed by atoms with Crippen LogP contribution in [0.25, 0.3) is 10.9 Å². The SMILES string of the molecule is CCCCCCCCCCCCC(=O)NC(Cc1c[nH]c2ccccc12)C(=O)NC(CC(N)=O)C(=O)NC(CC(=O)O)C(=O)NC1C(=O)NCC(=O)NC(CCCN)C(=O)NC(CC(=O)O)C(=O)NC(C)C(=O)NC(CC(=O)O)C(=O)NCC(=O)NC(CO)C(=O)NC(C(C)CC(=O)O)C(=O)NC(CC(=O)c2ccccc2N)C(=O)OC1C. The van der Waals surface area contributed by atoms with Gasteiger partial charge in [-0.2, -0.15) is 0 Å². The third-order valence-corrected chi connectivity index (χ3v) is 18.6. The first-order valence-corrected chi connectivity index (χ1v) is 38.3. The number of amides is 14. The molecule has 0 bridgehead atoms. The minimum Gasteiger partial charge on any atom is -0.481 e. The Labute approximate surface area is 676 Å². The predicted octanol–water partition coefficient (Wildman–Crippen LogP) is -4.45. The van der Waals surface area contributed by atoms with Gasteiger partial charge in [-0.15, -0.1) is 0 Å². The molecule has 0 radical (unpaired) electrons. The maximum atomic E-state index is 14.9. The lowest BCUT2D eigenvalue weighted by molar-refractivity contribution is -0.156. The summed E-state index contributed by atoms with van der Waals surface area (Å²) in [6, 6.07) is -10.5. The molecule has 43 nitrogen and oxygen atoms in total. The van der Waals surface area contributed by atoms with E-state index < -0.39 is 261 Å². The number of carbonyl (C=O) groups excluding carboxylic acids is 16. The van der Waals surface area contributed by atoms with Gasteiger partial charge >= 0.3 is 29.8 Å². The van der Waals surface area contributed by atoms with Crippen LogP contribution in [0.15, 0.2) is 54.7 Å². The van der Waals surface area contributed by atoms with Crippen molar-refractivity contribution < 1.29 is 126 Å². The van der Waals surface area contributed by atoms with Gasteiger partial charge in [0.15, 0.2) is 5.78 Å². The Morgan fingerprint density at radius 1 is 0.534 bits per heavy atom. The number of ether oxygens (including phenoxy) is 1. The summed E-state index contributed by atoms with van der Waals surface area (Å²) in [4.78, 5) is 277. The number of hydrogen-bond donors (Lipinski definition) is 22. The lowest BCUT2D eigenvalue weighted by Gasteiger charge is -2.30. The molecule has 0 spiro atoms. The highest BCUT2D eigenvalue weighted by atomic mass is 16.5. The fourth-order valence-electron chi connectivity index (χ4n) is 12.3. The Balaban J connectivity index is 1.85. The number of aliphatic hydroxyl groups is 1. The molecule has 4 rings (SSSR count). The zero-order valence-electron chi connectivity index (χ0n) is 65.7. The van der Waals surface area contributed by atoms with Gasteiger partial charge in [0.05, 0.1) is 51.8 Å². The van der Waals surface area contributed by atoms with Crippen LogP contribution in [-0.2, 0) is 102 Å². The molecular weight excluding hydrogens is 1550 g/mol. The van der Waals surface area contributed by atoms with Crippen LogP contribution >= 0.6 is 0 Å². The van der Waals surface area contributed by atoms with Crippen molar-refractivity contribution in [2.45, 2.75) is 229 Å². The molecule has 14 amide bonds. The molecule has 118 heavy (non-hydrogen) atoms. The second-order valence-corrected chi connectivity index (χ2v) is 28.3. The van der Waals surface area contributed by atoms with Crippen molar-refractivity contribution in [3.05, 3.63) is 65.9 Å². The maximum absolute atomic E-state index is 14.9. The van der Waals surface area contributed by atoms with Crippen molar-refractivity contribution in [1.29, 1.82) is 0 Å². The van der Waals surface area contributed by atoms with Crippen LogP contribution in [-0.4, -0.2) is 248 Å². The second kappa shape index (κ2) is 49.9. The fraction of sp³-hybridized carbons (Fsp3) is 0.547. The quantitative estimate of drug-likeness (QED) is 0.0111. The number of nitrogens with one attached hydrogen (secondary N) is 14. The van der Waals surface area contributed by atoms with E-state index in [0.717, 1.165) is 72.1 Å². The van der Waals surface area contributed by atoms with E-state index >= 15 is 0 Å². The third kappa shape index (κ3) is 34.0. The first kappa shape index (κ1) is 97.7. The predicted molar refractivity (Wildman–Crippen MR) is 414 cm³/mol. The molecule has 1 fully saturated rings. The number of hydrogen-bond acceptors (Lipinski definition) is 24. The number of carboxylic acid groups (broad SMARTS) is 4.